The van der Waals surface area contributed by atoms with Gasteiger partial charge in [0.05, 0.1) is 22.3 Å². The molecule has 0 radical (unpaired) electrons. The SMILES string of the molecule is CS(C)(C)CCOCn1cc(C(F)(F)F)nc1-c1cc(-c2ccc(Cl)c(Cl)c2)ncn1. The Hall–Kier alpha value is -1.81. The van der Waals surface area contributed by atoms with E-state index < -0.39 is 21.9 Å². The van der Waals surface area contributed by atoms with Crippen molar-refractivity contribution in [3.63, 3.8) is 0 Å². The standard InChI is InChI=1S/C20H21Cl2F3N4OS/c1-31(2,3)7-6-30-12-29-10-18(20(23,24)25)28-19(29)17-9-16(26-11-27-17)13-4-5-14(21)15(22)8-13/h4-5,8-11H,6-7,12H2,1-3H3. The predicted molar refractivity (Wildman–Crippen MR) is 120 cm³/mol. The average Bonchev–Trinajstić information content (AvgIpc) is 3.11. The van der Waals surface area contributed by atoms with Crippen molar-refractivity contribution in [2.24, 2.45) is 0 Å². The molecule has 0 spiro atoms. The van der Waals surface area contributed by atoms with Crippen LogP contribution >= 0.6 is 33.2 Å². The van der Waals surface area contributed by atoms with Gasteiger partial charge in [-0.25, -0.2) is 25.0 Å². The summed E-state index contributed by atoms with van der Waals surface area (Å²) in [5.74, 6) is 0.886. The number of alkyl halides is 3. The molecule has 0 aliphatic heterocycles. The second-order valence-electron chi connectivity index (χ2n) is 7.67. The number of nitrogens with zero attached hydrogens (tertiary/aromatic N) is 4. The van der Waals surface area contributed by atoms with E-state index in [1.165, 1.54) is 10.9 Å². The first kappa shape index (κ1) is 23.8. The zero-order valence-electron chi connectivity index (χ0n) is 17.1. The lowest BCUT2D eigenvalue weighted by Crippen LogP contribution is -2.10. The fourth-order valence-corrected chi connectivity index (χ4v) is 3.54. The molecule has 3 aromatic rings. The number of hydrogen-bond donors (Lipinski definition) is 0. The minimum atomic E-state index is -4.59. The van der Waals surface area contributed by atoms with Crippen LogP contribution < -0.4 is 0 Å². The molecule has 0 fully saturated rings. The highest BCUT2D eigenvalue weighted by Gasteiger charge is 2.35. The highest BCUT2D eigenvalue weighted by atomic mass is 35.5. The van der Waals surface area contributed by atoms with Crippen molar-refractivity contribution >= 4 is 33.2 Å². The summed E-state index contributed by atoms with van der Waals surface area (Å²) in [5.41, 5.74) is 0.347. The van der Waals surface area contributed by atoms with Gasteiger partial charge in [0.25, 0.3) is 0 Å². The number of halogens is 5. The fourth-order valence-electron chi connectivity index (χ4n) is 2.62. The van der Waals surface area contributed by atoms with E-state index in [2.05, 4.69) is 33.7 Å². The molecule has 3 rings (SSSR count). The smallest absolute Gasteiger partial charge is 0.360 e. The molecule has 0 amide bonds. The van der Waals surface area contributed by atoms with Crippen LogP contribution in [0.3, 0.4) is 0 Å². The number of benzene rings is 1. The Labute approximate surface area is 189 Å². The van der Waals surface area contributed by atoms with Crippen molar-refractivity contribution in [3.05, 3.63) is 52.5 Å². The van der Waals surface area contributed by atoms with Gasteiger partial charge < -0.3 is 9.30 Å². The Kier molecular flexibility index (Phi) is 7.20. The molecular formula is C20H21Cl2F3N4OS. The van der Waals surface area contributed by atoms with E-state index in [-0.39, 0.29) is 18.2 Å². The molecule has 0 aliphatic rings. The lowest BCUT2D eigenvalue weighted by Gasteiger charge is -2.24. The number of imidazole rings is 1. The summed E-state index contributed by atoms with van der Waals surface area (Å²) < 4.78 is 46.8. The molecule has 0 N–H and O–H groups in total. The zero-order chi connectivity index (χ0) is 22.8. The summed E-state index contributed by atoms with van der Waals surface area (Å²) in [7, 11) is -0.772. The molecule has 0 bridgehead atoms. The molecular weight excluding hydrogens is 472 g/mol. The van der Waals surface area contributed by atoms with E-state index >= 15 is 0 Å². The van der Waals surface area contributed by atoms with E-state index in [4.69, 9.17) is 27.9 Å². The molecule has 2 aromatic heterocycles. The molecule has 0 atom stereocenters. The van der Waals surface area contributed by atoms with Crippen LogP contribution in [-0.4, -0.2) is 50.6 Å². The van der Waals surface area contributed by atoms with Crippen molar-refractivity contribution in [2.45, 2.75) is 12.9 Å². The molecule has 11 heteroatoms. The summed E-state index contributed by atoms with van der Waals surface area (Å²) in [6, 6.07) is 6.51. The molecule has 5 nitrogen and oxygen atoms in total. The Morgan fingerprint density at radius 3 is 2.39 bits per heavy atom. The number of aromatic nitrogens is 4. The highest BCUT2D eigenvalue weighted by molar-refractivity contribution is 8.32. The van der Waals surface area contributed by atoms with Crippen LogP contribution in [0.15, 0.2) is 36.8 Å². The van der Waals surface area contributed by atoms with Gasteiger partial charge >= 0.3 is 6.18 Å². The van der Waals surface area contributed by atoms with Gasteiger partial charge in [-0.3, -0.25) is 0 Å². The number of hydrogen-bond acceptors (Lipinski definition) is 4. The molecule has 2 heterocycles. The largest absolute Gasteiger partial charge is 0.434 e. The van der Waals surface area contributed by atoms with Crippen molar-refractivity contribution in [2.75, 3.05) is 31.1 Å². The summed E-state index contributed by atoms with van der Waals surface area (Å²) in [5, 5.41) is 0.730. The first-order valence-electron chi connectivity index (χ1n) is 9.10. The molecule has 168 valence electrons. The van der Waals surface area contributed by atoms with Crippen molar-refractivity contribution < 1.29 is 17.9 Å². The first-order valence-corrected chi connectivity index (χ1v) is 12.9. The lowest BCUT2D eigenvalue weighted by molar-refractivity contribution is -0.141. The summed E-state index contributed by atoms with van der Waals surface area (Å²) in [4.78, 5) is 12.1. The maximum Gasteiger partial charge on any atom is 0.434 e. The second kappa shape index (κ2) is 9.36. The molecule has 0 saturated carbocycles. The van der Waals surface area contributed by atoms with Crippen LogP contribution in [-0.2, 0) is 17.6 Å². The van der Waals surface area contributed by atoms with Crippen LogP contribution in [0, 0.1) is 0 Å². The highest BCUT2D eigenvalue weighted by Crippen LogP contribution is 2.34. The summed E-state index contributed by atoms with van der Waals surface area (Å²) >= 11 is 12.0. The van der Waals surface area contributed by atoms with Crippen molar-refractivity contribution in [1.29, 1.82) is 0 Å². The second-order valence-corrected chi connectivity index (χ2v) is 13.1. The maximum atomic E-state index is 13.3. The molecule has 0 aliphatic carbocycles. The first-order chi connectivity index (χ1) is 14.4. The van der Waals surface area contributed by atoms with Crippen LogP contribution in [0.25, 0.3) is 22.8 Å². The number of rotatable bonds is 7. The van der Waals surface area contributed by atoms with Crippen LogP contribution in [0.5, 0.6) is 0 Å². The van der Waals surface area contributed by atoms with Gasteiger partial charge in [-0.05, 0) is 37.0 Å². The van der Waals surface area contributed by atoms with Gasteiger partial charge in [0.15, 0.2) is 11.5 Å². The van der Waals surface area contributed by atoms with Gasteiger partial charge in [0.1, 0.15) is 18.8 Å². The third-order valence-electron chi connectivity index (χ3n) is 4.25. The van der Waals surface area contributed by atoms with Crippen LogP contribution in [0.2, 0.25) is 10.0 Å². The quantitative estimate of drug-likeness (QED) is 0.379. The lowest BCUT2D eigenvalue weighted by atomic mass is 10.1. The van der Waals surface area contributed by atoms with E-state index in [1.807, 2.05) is 0 Å². The van der Waals surface area contributed by atoms with Crippen molar-refractivity contribution in [1.82, 2.24) is 19.5 Å². The maximum absolute atomic E-state index is 13.3. The summed E-state index contributed by atoms with van der Waals surface area (Å²) in [6.45, 7) is 0.371. The monoisotopic (exact) mass is 492 g/mol. The Bertz CT molecular complexity index is 1070. The number of ether oxygens (including phenoxy) is 1. The van der Waals surface area contributed by atoms with Gasteiger partial charge in [-0.1, -0.05) is 29.3 Å². The topological polar surface area (TPSA) is 52.8 Å². The molecule has 1 aromatic carbocycles. The Balaban J connectivity index is 1.93. The zero-order valence-corrected chi connectivity index (χ0v) is 19.4. The normalized spacial score (nSPS) is 12.9. The summed E-state index contributed by atoms with van der Waals surface area (Å²) in [6.07, 6.45) is 4.04. The minimum absolute atomic E-state index is 0.0409. The van der Waals surface area contributed by atoms with Crippen molar-refractivity contribution in [3.8, 4) is 22.8 Å². The predicted octanol–water partition coefficient (Wildman–Crippen LogP) is 6.00. The Morgan fingerprint density at radius 2 is 1.74 bits per heavy atom. The van der Waals surface area contributed by atoms with Gasteiger partial charge in [-0.15, -0.1) is 0 Å². The third-order valence-corrected chi connectivity index (χ3v) is 6.38. The van der Waals surface area contributed by atoms with Gasteiger partial charge in [-0.2, -0.15) is 13.2 Å². The third kappa shape index (κ3) is 6.35. The van der Waals surface area contributed by atoms with E-state index in [0.717, 1.165) is 11.9 Å². The minimum Gasteiger partial charge on any atom is -0.360 e. The van der Waals surface area contributed by atoms with Crippen LogP contribution in [0.1, 0.15) is 5.69 Å². The van der Waals surface area contributed by atoms with Gasteiger partial charge in [0, 0.05) is 17.5 Å². The van der Waals surface area contributed by atoms with E-state index in [1.54, 1.807) is 24.3 Å². The fraction of sp³-hybridized carbons (Fsp3) is 0.350. The van der Waals surface area contributed by atoms with E-state index in [0.29, 0.717) is 27.9 Å². The molecule has 0 saturated heterocycles. The molecule has 0 unspecified atom stereocenters. The Morgan fingerprint density at radius 1 is 1.03 bits per heavy atom. The van der Waals surface area contributed by atoms with Crippen LogP contribution in [0.4, 0.5) is 13.2 Å². The van der Waals surface area contributed by atoms with Gasteiger partial charge in [0.2, 0.25) is 0 Å². The van der Waals surface area contributed by atoms with E-state index in [9.17, 15) is 13.2 Å². The average molecular weight is 493 g/mol. The molecule has 31 heavy (non-hydrogen) atoms.